The van der Waals surface area contributed by atoms with E-state index in [-0.39, 0.29) is 12.4 Å². The van der Waals surface area contributed by atoms with Crippen molar-refractivity contribution in [2.45, 2.75) is 19.1 Å². The van der Waals surface area contributed by atoms with Crippen LogP contribution in [0.3, 0.4) is 0 Å². The van der Waals surface area contributed by atoms with Crippen molar-refractivity contribution in [3.63, 3.8) is 0 Å². The van der Waals surface area contributed by atoms with Crippen LogP contribution in [0.1, 0.15) is 16.7 Å². The molecule has 2 N–H and O–H groups in total. The Morgan fingerprint density at radius 3 is 2.56 bits per heavy atom. The fourth-order valence-corrected chi connectivity index (χ4v) is 2.86. The highest BCUT2D eigenvalue weighted by Crippen LogP contribution is 2.31. The lowest BCUT2D eigenvalue weighted by atomic mass is 10.1. The smallest absolute Gasteiger partial charge is 0.361 e. The summed E-state index contributed by atoms with van der Waals surface area (Å²) >= 11 is 5.99. The van der Waals surface area contributed by atoms with Crippen LogP contribution in [0.4, 0.5) is 13.2 Å². The van der Waals surface area contributed by atoms with Crippen molar-refractivity contribution in [2.75, 3.05) is 6.54 Å². The van der Waals surface area contributed by atoms with E-state index in [4.69, 9.17) is 11.6 Å². The van der Waals surface area contributed by atoms with Crippen molar-refractivity contribution in [1.29, 1.82) is 0 Å². The van der Waals surface area contributed by atoms with Crippen LogP contribution in [-0.2, 0) is 19.1 Å². The van der Waals surface area contributed by atoms with Gasteiger partial charge in [0.1, 0.15) is 0 Å². The number of alkyl halides is 3. The van der Waals surface area contributed by atoms with E-state index in [0.29, 0.717) is 23.7 Å². The summed E-state index contributed by atoms with van der Waals surface area (Å²) in [6.07, 6.45) is -1.62. The Kier molecular flexibility index (Phi) is 6.38. The third-order valence-electron chi connectivity index (χ3n) is 3.93. The van der Waals surface area contributed by atoms with Gasteiger partial charge in [0.05, 0.1) is 5.56 Å². The van der Waals surface area contributed by atoms with Gasteiger partial charge in [0.15, 0.2) is 0 Å². The average Bonchev–Trinajstić information content (AvgIpc) is 2.95. The third kappa shape index (κ3) is 4.69. The predicted octanol–water partition coefficient (Wildman–Crippen LogP) is 5.59. The largest absolute Gasteiger partial charge is 0.416 e. The molecule has 0 saturated carbocycles. The van der Waals surface area contributed by atoms with Crippen LogP contribution in [0.25, 0.3) is 10.9 Å². The number of nitrogens with one attached hydrogen (secondary N) is 2. The Labute approximate surface area is 154 Å². The lowest BCUT2D eigenvalue weighted by molar-refractivity contribution is -0.137. The van der Waals surface area contributed by atoms with Gasteiger partial charge in [-0.2, -0.15) is 13.2 Å². The van der Waals surface area contributed by atoms with Crippen LogP contribution in [0.15, 0.2) is 48.7 Å². The first-order valence-corrected chi connectivity index (χ1v) is 7.94. The van der Waals surface area contributed by atoms with E-state index < -0.39 is 11.7 Å². The summed E-state index contributed by atoms with van der Waals surface area (Å²) in [5.74, 6) is 0. The fraction of sp³-hybridized carbons (Fsp3) is 0.222. The second-order valence-corrected chi connectivity index (χ2v) is 6.00. The average molecular weight is 389 g/mol. The van der Waals surface area contributed by atoms with E-state index in [1.807, 2.05) is 30.5 Å². The van der Waals surface area contributed by atoms with E-state index in [1.54, 1.807) is 0 Å². The van der Waals surface area contributed by atoms with E-state index >= 15 is 0 Å². The molecule has 3 rings (SSSR count). The molecule has 0 radical (unpaired) electrons. The summed E-state index contributed by atoms with van der Waals surface area (Å²) in [5.41, 5.74) is 2.02. The Balaban J connectivity index is 0.00000225. The standard InChI is InChI=1S/C18H16ClF3N2.ClH/c19-16-6-5-14(18(20,21)22)9-13(16)10-23-8-7-12-11-24-17-4-2-1-3-15(12)17;/h1-6,9,11,23-24H,7-8,10H2;1H. The number of aromatic amines is 1. The molecule has 0 aliphatic rings. The monoisotopic (exact) mass is 388 g/mol. The number of halogens is 5. The zero-order valence-electron chi connectivity index (χ0n) is 13.2. The van der Waals surface area contributed by atoms with Gasteiger partial charge in [-0.25, -0.2) is 0 Å². The SMILES string of the molecule is Cl.FC(F)(F)c1ccc(Cl)c(CNCCc2c[nH]c3ccccc23)c1. The second kappa shape index (κ2) is 8.13. The molecule has 0 bridgehead atoms. The molecule has 2 aromatic carbocycles. The fourth-order valence-electron chi connectivity index (χ4n) is 2.67. The van der Waals surface area contributed by atoms with Gasteiger partial charge in [0.25, 0.3) is 0 Å². The highest BCUT2D eigenvalue weighted by atomic mass is 35.5. The summed E-state index contributed by atoms with van der Waals surface area (Å²) in [7, 11) is 0. The maximum Gasteiger partial charge on any atom is 0.416 e. The van der Waals surface area contributed by atoms with Gasteiger partial charge in [-0.1, -0.05) is 29.8 Å². The van der Waals surface area contributed by atoms with Gasteiger partial charge in [-0.15, -0.1) is 12.4 Å². The van der Waals surface area contributed by atoms with Crippen LogP contribution >= 0.6 is 24.0 Å². The van der Waals surface area contributed by atoms with Gasteiger partial charge in [0, 0.05) is 28.7 Å². The molecule has 0 aliphatic carbocycles. The van der Waals surface area contributed by atoms with Crippen molar-refractivity contribution in [3.05, 3.63) is 70.4 Å². The molecule has 0 aliphatic heterocycles. The summed E-state index contributed by atoms with van der Waals surface area (Å²) in [6, 6.07) is 11.4. The van der Waals surface area contributed by atoms with Gasteiger partial charge in [0.2, 0.25) is 0 Å². The van der Waals surface area contributed by atoms with Crippen molar-refractivity contribution in [3.8, 4) is 0 Å². The minimum absolute atomic E-state index is 0. The van der Waals surface area contributed by atoms with Gasteiger partial charge < -0.3 is 10.3 Å². The number of benzene rings is 2. The molecular formula is C18H17Cl2F3N2. The van der Waals surface area contributed by atoms with Crippen LogP contribution in [0.5, 0.6) is 0 Å². The summed E-state index contributed by atoms with van der Waals surface area (Å²) in [4.78, 5) is 3.21. The van der Waals surface area contributed by atoms with Crippen molar-refractivity contribution < 1.29 is 13.2 Å². The lowest BCUT2D eigenvalue weighted by Crippen LogP contribution is -2.17. The molecule has 0 atom stereocenters. The molecule has 0 spiro atoms. The minimum Gasteiger partial charge on any atom is -0.361 e. The Bertz CT molecular complexity index is 844. The van der Waals surface area contributed by atoms with Crippen LogP contribution in [0, 0.1) is 0 Å². The number of aromatic nitrogens is 1. The Morgan fingerprint density at radius 1 is 1.04 bits per heavy atom. The number of hydrogen-bond acceptors (Lipinski definition) is 1. The molecule has 2 nitrogen and oxygen atoms in total. The highest BCUT2D eigenvalue weighted by Gasteiger charge is 2.30. The molecule has 1 aromatic heterocycles. The first kappa shape index (κ1) is 19.6. The molecule has 0 unspecified atom stereocenters. The molecule has 134 valence electrons. The highest BCUT2D eigenvalue weighted by molar-refractivity contribution is 6.31. The first-order valence-electron chi connectivity index (χ1n) is 7.56. The number of rotatable bonds is 5. The van der Waals surface area contributed by atoms with Crippen molar-refractivity contribution >= 4 is 34.9 Å². The number of H-pyrrole nitrogens is 1. The summed E-state index contributed by atoms with van der Waals surface area (Å²) in [6.45, 7) is 0.944. The maximum absolute atomic E-state index is 12.8. The van der Waals surface area contributed by atoms with E-state index in [9.17, 15) is 13.2 Å². The number of para-hydroxylation sites is 1. The predicted molar refractivity (Wildman–Crippen MR) is 97.4 cm³/mol. The van der Waals surface area contributed by atoms with E-state index in [1.165, 1.54) is 11.6 Å². The number of hydrogen-bond donors (Lipinski definition) is 2. The minimum atomic E-state index is -4.36. The maximum atomic E-state index is 12.8. The number of fused-ring (bicyclic) bond motifs is 1. The van der Waals surface area contributed by atoms with Crippen LogP contribution < -0.4 is 5.32 Å². The molecule has 1 heterocycles. The molecule has 7 heteroatoms. The lowest BCUT2D eigenvalue weighted by Gasteiger charge is -2.11. The van der Waals surface area contributed by atoms with E-state index in [2.05, 4.69) is 10.3 Å². The first-order chi connectivity index (χ1) is 11.4. The Morgan fingerprint density at radius 2 is 1.80 bits per heavy atom. The quantitative estimate of drug-likeness (QED) is 0.547. The molecular weight excluding hydrogens is 372 g/mol. The van der Waals surface area contributed by atoms with Crippen molar-refractivity contribution in [2.24, 2.45) is 0 Å². The molecule has 0 saturated heterocycles. The zero-order valence-corrected chi connectivity index (χ0v) is 14.7. The zero-order chi connectivity index (χ0) is 17.2. The van der Waals surface area contributed by atoms with Crippen LogP contribution in [0.2, 0.25) is 5.02 Å². The van der Waals surface area contributed by atoms with Gasteiger partial charge in [-0.05, 0) is 48.4 Å². The van der Waals surface area contributed by atoms with E-state index in [0.717, 1.165) is 29.5 Å². The molecule has 0 amide bonds. The molecule has 3 aromatic rings. The normalized spacial score (nSPS) is 11.5. The molecule has 0 fully saturated rings. The summed E-state index contributed by atoms with van der Waals surface area (Å²) < 4.78 is 38.3. The van der Waals surface area contributed by atoms with Crippen LogP contribution in [-0.4, -0.2) is 11.5 Å². The van der Waals surface area contributed by atoms with Gasteiger partial charge >= 0.3 is 6.18 Å². The Hall–Kier alpha value is -1.69. The third-order valence-corrected chi connectivity index (χ3v) is 4.30. The summed E-state index contributed by atoms with van der Waals surface area (Å²) in [5, 5.41) is 4.66. The topological polar surface area (TPSA) is 27.8 Å². The second-order valence-electron chi connectivity index (χ2n) is 5.59. The molecule has 25 heavy (non-hydrogen) atoms. The van der Waals surface area contributed by atoms with Gasteiger partial charge in [-0.3, -0.25) is 0 Å². The van der Waals surface area contributed by atoms with Crippen molar-refractivity contribution in [1.82, 2.24) is 10.3 Å².